The summed E-state index contributed by atoms with van der Waals surface area (Å²) < 4.78 is 5.70. The fourth-order valence-corrected chi connectivity index (χ4v) is 1.72. The van der Waals surface area contributed by atoms with Crippen LogP contribution in [0.3, 0.4) is 0 Å². The van der Waals surface area contributed by atoms with Crippen LogP contribution >= 0.6 is 0 Å². The smallest absolute Gasteiger partial charge is 0.0520 e. The van der Waals surface area contributed by atoms with Crippen molar-refractivity contribution in [2.75, 3.05) is 6.61 Å². The molecule has 0 aliphatic carbocycles. The molecule has 0 N–H and O–H groups in total. The van der Waals surface area contributed by atoms with Crippen LogP contribution in [0.4, 0.5) is 0 Å². The molecule has 0 aromatic carbocycles. The Morgan fingerprint density at radius 1 is 0.882 bits per heavy atom. The highest BCUT2D eigenvalue weighted by Gasteiger charge is 2.19. The second kappa shape index (κ2) is 8.13. The van der Waals surface area contributed by atoms with E-state index in [9.17, 15) is 0 Å². The Morgan fingerprint density at radius 3 is 1.76 bits per heavy atom. The van der Waals surface area contributed by atoms with Crippen molar-refractivity contribution in [3.63, 3.8) is 0 Å². The molecule has 0 aromatic heterocycles. The van der Waals surface area contributed by atoms with Gasteiger partial charge in [-0.1, -0.05) is 54.9 Å². The molecular weight excluding hydrogens is 208 g/mol. The molecule has 0 unspecified atom stereocenters. The van der Waals surface area contributed by atoms with Crippen LogP contribution < -0.4 is 0 Å². The van der Waals surface area contributed by atoms with E-state index in [1.165, 1.54) is 25.7 Å². The number of rotatable bonds is 7. The van der Waals surface area contributed by atoms with Crippen LogP contribution in [0, 0.1) is 10.8 Å². The molecule has 17 heavy (non-hydrogen) atoms. The van der Waals surface area contributed by atoms with E-state index in [1.54, 1.807) is 0 Å². The molecule has 0 saturated carbocycles. The molecule has 0 aromatic rings. The van der Waals surface area contributed by atoms with Crippen molar-refractivity contribution in [3.05, 3.63) is 0 Å². The van der Waals surface area contributed by atoms with Gasteiger partial charge >= 0.3 is 0 Å². The molecule has 0 aliphatic heterocycles. The zero-order chi connectivity index (χ0) is 12.8. The monoisotopic (exact) mass is 244 g/mol. The predicted octanol–water partition coefficient (Wildman–Crippen LogP) is 5.68. The average molecular weight is 244 g/mol. The number of ether oxygens (including phenoxy) is 1. The molecule has 1 nitrogen and oxygen atoms in total. The lowest BCUT2D eigenvalue weighted by Gasteiger charge is -2.26. The average Bonchev–Trinajstić information content (AvgIpc) is 2.08. The lowest BCUT2D eigenvalue weighted by molar-refractivity contribution is 0.0170. The summed E-state index contributed by atoms with van der Waals surface area (Å²) >= 11 is 0. The fourth-order valence-electron chi connectivity index (χ4n) is 1.72. The van der Waals surface area contributed by atoms with Gasteiger partial charge in [0.2, 0.25) is 0 Å². The number of unbranched alkanes of at least 4 members (excludes halogenated alkanes) is 1. The topological polar surface area (TPSA) is 9.23 Å². The maximum absolute atomic E-state index is 5.70. The van der Waals surface area contributed by atoms with Crippen LogP contribution in [0.1, 0.15) is 81.6 Å². The molecule has 0 fully saturated rings. The molecule has 106 valence electrons. The molecular formula is C16H36O. The molecule has 0 radical (unpaired) electrons. The van der Waals surface area contributed by atoms with E-state index in [1.807, 2.05) is 0 Å². The summed E-state index contributed by atoms with van der Waals surface area (Å²) in [5.41, 5.74) is 0.820. The Bertz CT molecular complexity index is 174. The van der Waals surface area contributed by atoms with Crippen molar-refractivity contribution in [1.29, 1.82) is 0 Å². The van der Waals surface area contributed by atoms with Crippen LogP contribution in [-0.2, 0) is 4.74 Å². The van der Waals surface area contributed by atoms with Gasteiger partial charge in [0.15, 0.2) is 0 Å². The molecule has 0 bridgehead atoms. The van der Waals surface area contributed by atoms with Crippen LogP contribution in [0.5, 0.6) is 0 Å². The minimum absolute atomic E-state index is 0. The maximum Gasteiger partial charge on any atom is 0.0520 e. The highest BCUT2D eigenvalue weighted by Crippen LogP contribution is 2.27. The summed E-state index contributed by atoms with van der Waals surface area (Å²) in [5.74, 6) is 0. The van der Waals surface area contributed by atoms with E-state index < -0.39 is 0 Å². The summed E-state index contributed by atoms with van der Waals surface area (Å²) in [6, 6.07) is 0. The summed E-state index contributed by atoms with van der Waals surface area (Å²) in [7, 11) is 0. The van der Waals surface area contributed by atoms with Crippen molar-refractivity contribution in [3.8, 4) is 0 Å². The standard InChI is InChI=1S/C15H32O.CH4/c1-13(2)16-12-15(6,7)11-9-8-10-14(3,4)5;/h13H,8-12H2,1-7H3;1H4. The van der Waals surface area contributed by atoms with Crippen molar-refractivity contribution < 1.29 is 4.74 Å². The third-order valence-corrected chi connectivity index (χ3v) is 2.84. The van der Waals surface area contributed by atoms with E-state index >= 15 is 0 Å². The van der Waals surface area contributed by atoms with Gasteiger partial charge in [-0.2, -0.15) is 0 Å². The largest absolute Gasteiger partial charge is 0.378 e. The Hall–Kier alpha value is -0.0400. The minimum atomic E-state index is 0. The normalized spacial score (nSPS) is 12.7. The van der Waals surface area contributed by atoms with Crippen molar-refractivity contribution in [2.45, 2.75) is 87.7 Å². The first-order valence-corrected chi connectivity index (χ1v) is 6.74. The molecule has 0 aliphatic rings. The van der Waals surface area contributed by atoms with E-state index in [0.29, 0.717) is 16.9 Å². The van der Waals surface area contributed by atoms with E-state index in [2.05, 4.69) is 48.5 Å². The molecule has 0 heterocycles. The third kappa shape index (κ3) is 13.9. The molecule has 0 amide bonds. The van der Waals surface area contributed by atoms with E-state index in [0.717, 1.165) is 6.61 Å². The molecule has 0 atom stereocenters. The second-order valence-corrected chi connectivity index (χ2v) is 7.29. The zero-order valence-corrected chi connectivity index (χ0v) is 12.5. The lowest BCUT2D eigenvalue weighted by Crippen LogP contribution is -2.22. The van der Waals surface area contributed by atoms with E-state index in [4.69, 9.17) is 4.74 Å². The van der Waals surface area contributed by atoms with Gasteiger partial charge in [-0.3, -0.25) is 0 Å². The van der Waals surface area contributed by atoms with Crippen molar-refractivity contribution >= 4 is 0 Å². The fraction of sp³-hybridized carbons (Fsp3) is 1.00. The Morgan fingerprint density at radius 2 is 1.35 bits per heavy atom. The highest BCUT2D eigenvalue weighted by molar-refractivity contribution is 4.69. The molecule has 0 saturated heterocycles. The summed E-state index contributed by atoms with van der Waals surface area (Å²) in [5, 5.41) is 0. The molecule has 0 spiro atoms. The molecule has 0 rings (SSSR count). The first-order chi connectivity index (χ1) is 7.12. The zero-order valence-electron chi connectivity index (χ0n) is 12.5. The van der Waals surface area contributed by atoms with Gasteiger partial charge in [0.25, 0.3) is 0 Å². The summed E-state index contributed by atoms with van der Waals surface area (Å²) in [6.45, 7) is 16.7. The SMILES string of the molecule is C.CC(C)OCC(C)(C)CCCCC(C)(C)C. The summed E-state index contributed by atoms with van der Waals surface area (Å²) in [6.07, 6.45) is 5.62. The first kappa shape index (κ1) is 19.3. The van der Waals surface area contributed by atoms with Gasteiger partial charge in [0.1, 0.15) is 0 Å². The Balaban J connectivity index is 0. The van der Waals surface area contributed by atoms with Crippen LogP contribution in [-0.4, -0.2) is 12.7 Å². The van der Waals surface area contributed by atoms with Gasteiger partial charge in [-0.05, 0) is 37.5 Å². The van der Waals surface area contributed by atoms with Crippen molar-refractivity contribution in [2.24, 2.45) is 10.8 Å². The molecule has 1 heteroatoms. The van der Waals surface area contributed by atoms with Gasteiger partial charge in [-0.15, -0.1) is 0 Å². The minimum Gasteiger partial charge on any atom is -0.378 e. The third-order valence-electron chi connectivity index (χ3n) is 2.84. The lowest BCUT2D eigenvalue weighted by atomic mass is 9.84. The van der Waals surface area contributed by atoms with Crippen LogP contribution in [0.15, 0.2) is 0 Å². The van der Waals surface area contributed by atoms with Gasteiger partial charge in [0, 0.05) is 0 Å². The van der Waals surface area contributed by atoms with Crippen molar-refractivity contribution in [1.82, 2.24) is 0 Å². The van der Waals surface area contributed by atoms with Gasteiger partial charge in [0.05, 0.1) is 12.7 Å². The van der Waals surface area contributed by atoms with Crippen LogP contribution in [0.25, 0.3) is 0 Å². The van der Waals surface area contributed by atoms with Crippen LogP contribution in [0.2, 0.25) is 0 Å². The number of hydrogen-bond donors (Lipinski definition) is 0. The highest BCUT2D eigenvalue weighted by atomic mass is 16.5. The predicted molar refractivity (Wildman–Crippen MR) is 79.5 cm³/mol. The first-order valence-electron chi connectivity index (χ1n) is 6.74. The second-order valence-electron chi connectivity index (χ2n) is 7.29. The van der Waals surface area contributed by atoms with Gasteiger partial charge in [-0.25, -0.2) is 0 Å². The van der Waals surface area contributed by atoms with E-state index in [-0.39, 0.29) is 7.43 Å². The summed E-state index contributed by atoms with van der Waals surface area (Å²) in [4.78, 5) is 0. The maximum atomic E-state index is 5.70. The number of hydrogen-bond acceptors (Lipinski definition) is 1. The Kier molecular flexibility index (Phi) is 9.23. The Labute approximate surface area is 110 Å². The van der Waals surface area contributed by atoms with Gasteiger partial charge < -0.3 is 4.74 Å². The quantitative estimate of drug-likeness (QED) is 0.523.